The molecule has 0 aliphatic carbocycles. The average Bonchev–Trinajstić information content (AvgIpc) is 2.52. The third-order valence-corrected chi connectivity index (χ3v) is 4.00. The van der Waals surface area contributed by atoms with Crippen LogP contribution in [0.4, 0.5) is 0 Å². The van der Waals surface area contributed by atoms with E-state index in [0.717, 1.165) is 13.0 Å². The molecule has 0 radical (unpaired) electrons. The number of hydrogen-bond donors (Lipinski definition) is 0. The van der Waals surface area contributed by atoms with Crippen LogP contribution < -0.4 is 0 Å². The Labute approximate surface area is 123 Å². The summed E-state index contributed by atoms with van der Waals surface area (Å²) in [5.74, 6) is 6.70. The second kappa shape index (κ2) is 8.76. The summed E-state index contributed by atoms with van der Waals surface area (Å²) in [6, 6.07) is 4.76. The Hall–Kier alpha value is -1.33. The van der Waals surface area contributed by atoms with E-state index in [1.165, 1.54) is 50.6 Å². The molecule has 2 heteroatoms. The molecule has 0 N–H and O–H groups in total. The van der Waals surface area contributed by atoms with Crippen molar-refractivity contribution in [1.82, 2.24) is 9.88 Å². The minimum atomic E-state index is 0.516. The van der Waals surface area contributed by atoms with E-state index >= 15 is 0 Å². The average molecular weight is 270 g/mol. The van der Waals surface area contributed by atoms with Crippen LogP contribution in [0, 0.1) is 11.8 Å². The van der Waals surface area contributed by atoms with Gasteiger partial charge in [-0.2, -0.15) is 0 Å². The predicted molar refractivity (Wildman–Crippen MR) is 84.3 cm³/mol. The highest BCUT2D eigenvalue weighted by Crippen LogP contribution is 2.29. The Morgan fingerprint density at radius 3 is 3.05 bits per heavy atom. The summed E-state index contributed by atoms with van der Waals surface area (Å²) in [7, 11) is 0. The van der Waals surface area contributed by atoms with Crippen LogP contribution in [-0.4, -0.2) is 23.0 Å². The number of hydrogen-bond acceptors (Lipinski definition) is 2. The van der Waals surface area contributed by atoms with Crippen LogP contribution in [-0.2, 0) is 0 Å². The molecule has 1 fully saturated rings. The largest absolute Gasteiger partial charge is 0.285 e. The van der Waals surface area contributed by atoms with Crippen LogP contribution >= 0.6 is 0 Å². The number of unbranched alkanes of at least 4 members (excludes halogenated alkanes) is 3. The first-order valence-corrected chi connectivity index (χ1v) is 8.01. The van der Waals surface area contributed by atoms with Gasteiger partial charge in [-0.25, -0.2) is 0 Å². The van der Waals surface area contributed by atoms with Crippen molar-refractivity contribution in [3.63, 3.8) is 0 Å². The maximum absolute atomic E-state index is 4.26. The lowest BCUT2D eigenvalue weighted by atomic mass is 9.96. The Morgan fingerprint density at radius 2 is 2.25 bits per heavy atom. The summed E-state index contributed by atoms with van der Waals surface area (Å²) in [4.78, 5) is 6.78. The number of pyridine rings is 1. The Balaban J connectivity index is 1.87. The fourth-order valence-electron chi connectivity index (χ4n) is 2.84. The van der Waals surface area contributed by atoms with Crippen LogP contribution in [0.25, 0.3) is 0 Å². The third kappa shape index (κ3) is 4.65. The molecule has 0 aromatic carbocycles. The van der Waals surface area contributed by atoms with E-state index in [9.17, 15) is 0 Å². The minimum Gasteiger partial charge on any atom is -0.285 e. The van der Waals surface area contributed by atoms with Gasteiger partial charge < -0.3 is 0 Å². The van der Waals surface area contributed by atoms with Crippen molar-refractivity contribution < 1.29 is 0 Å². The zero-order valence-corrected chi connectivity index (χ0v) is 12.6. The summed E-state index contributed by atoms with van der Waals surface area (Å²) in [5.41, 5.74) is 1.35. The van der Waals surface area contributed by atoms with Crippen LogP contribution in [0.3, 0.4) is 0 Å². The van der Waals surface area contributed by atoms with Gasteiger partial charge in [0.2, 0.25) is 0 Å². The van der Waals surface area contributed by atoms with Crippen molar-refractivity contribution in [1.29, 1.82) is 0 Å². The quantitative estimate of drug-likeness (QED) is 0.589. The first-order chi connectivity index (χ1) is 9.92. The van der Waals surface area contributed by atoms with Crippen molar-refractivity contribution in [3.8, 4) is 11.8 Å². The van der Waals surface area contributed by atoms with Gasteiger partial charge in [-0.1, -0.05) is 38.2 Å². The summed E-state index contributed by atoms with van der Waals surface area (Å²) in [5, 5.41) is 0. The number of aromatic nitrogens is 1. The molecule has 1 aromatic heterocycles. The van der Waals surface area contributed by atoms with Gasteiger partial charge in [0.15, 0.2) is 0 Å². The van der Waals surface area contributed by atoms with Crippen LogP contribution in [0.2, 0.25) is 0 Å². The van der Waals surface area contributed by atoms with Crippen LogP contribution in [0.5, 0.6) is 0 Å². The number of nitrogens with zero attached hydrogens (tertiary/aromatic N) is 2. The van der Waals surface area contributed by atoms with Gasteiger partial charge in [-0.15, -0.1) is 5.92 Å². The van der Waals surface area contributed by atoms with Crippen LogP contribution in [0.1, 0.15) is 63.5 Å². The van der Waals surface area contributed by atoms with Gasteiger partial charge >= 0.3 is 0 Å². The lowest BCUT2D eigenvalue weighted by molar-refractivity contribution is 0.169. The van der Waals surface area contributed by atoms with Gasteiger partial charge in [-0.3, -0.25) is 9.88 Å². The number of rotatable bonds is 5. The molecule has 1 aliphatic heterocycles. The fraction of sp³-hybridized carbons (Fsp3) is 0.611. The van der Waals surface area contributed by atoms with Gasteiger partial charge in [0, 0.05) is 24.9 Å². The summed E-state index contributed by atoms with van der Waals surface area (Å²) < 4.78 is 0. The highest BCUT2D eigenvalue weighted by atomic mass is 15.2. The van der Waals surface area contributed by atoms with Gasteiger partial charge in [0.05, 0.1) is 6.54 Å². The molecule has 0 saturated carbocycles. The number of piperidine rings is 1. The Morgan fingerprint density at radius 1 is 1.30 bits per heavy atom. The molecule has 0 bridgehead atoms. The van der Waals surface area contributed by atoms with E-state index in [-0.39, 0.29) is 0 Å². The zero-order valence-electron chi connectivity index (χ0n) is 12.6. The Kier molecular flexibility index (Phi) is 6.60. The normalized spacial score (nSPS) is 19.4. The first-order valence-electron chi connectivity index (χ1n) is 8.01. The smallest absolute Gasteiger partial charge is 0.0606 e. The standard InChI is InChI=1S/C18H26N2/c1-2-3-4-5-6-8-14-20-15-9-7-12-18(20)17-11-10-13-19-16-17/h10-11,13,16,18H,2-5,7,9,12,14-15H2,1H3/t18-/m0/s1. The van der Waals surface area contributed by atoms with Crippen molar-refractivity contribution in [2.75, 3.05) is 13.1 Å². The summed E-state index contributed by atoms with van der Waals surface area (Å²) in [6.45, 7) is 4.31. The number of likely N-dealkylation sites (tertiary alicyclic amines) is 1. The first kappa shape index (κ1) is 15.1. The van der Waals surface area contributed by atoms with E-state index < -0.39 is 0 Å². The minimum absolute atomic E-state index is 0.516. The van der Waals surface area contributed by atoms with Crippen molar-refractivity contribution in [2.24, 2.45) is 0 Å². The topological polar surface area (TPSA) is 16.1 Å². The molecule has 1 atom stereocenters. The lowest BCUT2D eigenvalue weighted by Gasteiger charge is -2.34. The van der Waals surface area contributed by atoms with Crippen molar-refractivity contribution >= 4 is 0 Å². The van der Waals surface area contributed by atoms with E-state index in [1.54, 1.807) is 0 Å². The molecule has 0 spiro atoms. The van der Waals surface area contributed by atoms with Crippen molar-refractivity contribution in [2.45, 2.75) is 57.9 Å². The van der Waals surface area contributed by atoms with Gasteiger partial charge in [-0.05, 0) is 37.4 Å². The summed E-state index contributed by atoms with van der Waals surface area (Å²) >= 11 is 0. The SMILES string of the molecule is CCCCCC#CCN1CCCC[C@H]1c1cccnc1. The van der Waals surface area contributed by atoms with Crippen LogP contribution in [0.15, 0.2) is 24.5 Å². The maximum Gasteiger partial charge on any atom is 0.0606 e. The zero-order chi connectivity index (χ0) is 14.0. The molecule has 0 amide bonds. The van der Waals surface area contributed by atoms with E-state index in [0.29, 0.717) is 6.04 Å². The summed E-state index contributed by atoms with van der Waals surface area (Å²) in [6.07, 6.45) is 12.6. The predicted octanol–water partition coefficient (Wildman–Crippen LogP) is 4.19. The molecular formula is C18H26N2. The molecule has 0 unspecified atom stereocenters. The van der Waals surface area contributed by atoms with Gasteiger partial charge in [0.25, 0.3) is 0 Å². The Bertz CT molecular complexity index is 430. The second-order valence-electron chi connectivity index (χ2n) is 5.58. The molecular weight excluding hydrogens is 244 g/mol. The van der Waals surface area contributed by atoms with E-state index in [1.807, 2.05) is 18.5 Å². The lowest BCUT2D eigenvalue weighted by Crippen LogP contribution is -2.33. The monoisotopic (exact) mass is 270 g/mol. The molecule has 2 nitrogen and oxygen atoms in total. The highest BCUT2D eigenvalue weighted by Gasteiger charge is 2.22. The van der Waals surface area contributed by atoms with Gasteiger partial charge in [0.1, 0.15) is 0 Å². The maximum atomic E-state index is 4.26. The molecule has 2 rings (SSSR count). The molecule has 1 saturated heterocycles. The molecule has 1 aromatic rings. The van der Waals surface area contributed by atoms with E-state index in [4.69, 9.17) is 0 Å². The molecule has 20 heavy (non-hydrogen) atoms. The second-order valence-corrected chi connectivity index (χ2v) is 5.58. The molecule has 2 heterocycles. The highest BCUT2D eigenvalue weighted by molar-refractivity contribution is 5.16. The fourth-order valence-corrected chi connectivity index (χ4v) is 2.84. The van der Waals surface area contributed by atoms with E-state index in [2.05, 4.69) is 34.7 Å². The molecule has 1 aliphatic rings. The molecule has 108 valence electrons. The van der Waals surface area contributed by atoms with Crippen molar-refractivity contribution in [3.05, 3.63) is 30.1 Å². The third-order valence-electron chi connectivity index (χ3n) is 4.00.